The van der Waals surface area contributed by atoms with Gasteiger partial charge in [0.05, 0.1) is 16.1 Å². The molecular weight excluding hydrogens is 373 g/mol. The van der Waals surface area contributed by atoms with Crippen molar-refractivity contribution >= 4 is 45.0 Å². The van der Waals surface area contributed by atoms with Gasteiger partial charge in [-0.05, 0) is 48.7 Å². The maximum atomic E-state index is 12.5. The van der Waals surface area contributed by atoms with E-state index in [9.17, 15) is 4.79 Å². The predicted molar refractivity (Wildman–Crippen MR) is 89.0 cm³/mol. The van der Waals surface area contributed by atoms with Crippen LogP contribution in [0.15, 0.2) is 46.9 Å². The Bertz CT molecular complexity index is 696. The van der Waals surface area contributed by atoms with Crippen LogP contribution in [0.1, 0.15) is 28.8 Å². The van der Waals surface area contributed by atoms with Gasteiger partial charge in [0.2, 0.25) is 0 Å². The Kier molecular flexibility index (Phi) is 4.00. The second-order valence-corrected chi connectivity index (χ2v) is 6.93. The van der Waals surface area contributed by atoms with Crippen molar-refractivity contribution in [2.75, 3.05) is 0 Å². The molecule has 0 heterocycles. The van der Waals surface area contributed by atoms with Gasteiger partial charge in [-0.15, -0.1) is 0 Å². The number of carbonyl (C=O) groups excluding carboxylic acids is 1. The van der Waals surface area contributed by atoms with Crippen molar-refractivity contribution in [3.8, 4) is 0 Å². The Labute approximate surface area is 141 Å². The predicted octanol–water partition coefficient (Wildman–Crippen LogP) is 5.18. The Morgan fingerprint density at radius 3 is 2.38 bits per heavy atom. The van der Waals surface area contributed by atoms with Crippen LogP contribution in [-0.4, -0.2) is 5.91 Å². The summed E-state index contributed by atoms with van der Waals surface area (Å²) in [5, 5.41) is 4.24. The fourth-order valence-corrected chi connectivity index (χ4v) is 3.03. The molecule has 1 aliphatic carbocycles. The molecule has 2 aromatic rings. The minimum atomic E-state index is -0.284. The van der Waals surface area contributed by atoms with Gasteiger partial charge >= 0.3 is 0 Å². The Hall–Kier alpha value is -1.03. The molecule has 0 spiro atoms. The maximum absolute atomic E-state index is 12.5. The van der Waals surface area contributed by atoms with Gasteiger partial charge in [-0.2, -0.15) is 0 Å². The lowest BCUT2D eigenvalue weighted by Crippen LogP contribution is -2.35. The molecule has 21 heavy (non-hydrogen) atoms. The molecule has 3 rings (SSSR count). The normalized spacial score (nSPS) is 15.6. The molecule has 0 radical (unpaired) electrons. The monoisotopic (exact) mass is 383 g/mol. The molecule has 108 valence electrons. The molecule has 0 unspecified atom stereocenters. The topological polar surface area (TPSA) is 29.1 Å². The third-order valence-electron chi connectivity index (χ3n) is 3.67. The Morgan fingerprint density at radius 1 is 1.10 bits per heavy atom. The van der Waals surface area contributed by atoms with E-state index in [1.54, 1.807) is 12.1 Å². The van der Waals surface area contributed by atoms with E-state index in [2.05, 4.69) is 21.2 Å². The lowest BCUT2D eigenvalue weighted by Gasteiger charge is -2.18. The summed E-state index contributed by atoms with van der Waals surface area (Å²) in [5.74, 6) is -0.159. The molecule has 2 nitrogen and oxygen atoms in total. The summed E-state index contributed by atoms with van der Waals surface area (Å²) < 4.78 is 0.827. The van der Waals surface area contributed by atoms with Crippen molar-refractivity contribution in [3.05, 3.63) is 68.1 Å². The summed E-state index contributed by atoms with van der Waals surface area (Å²) in [6, 6.07) is 12.9. The first kappa shape index (κ1) is 14.9. The van der Waals surface area contributed by atoms with Gasteiger partial charge in [0.25, 0.3) is 5.91 Å². The first-order chi connectivity index (χ1) is 10.00. The molecule has 0 aromatic heterocycles. The molecule has 2 aromatic carbocycles. The van der Waals surface area contributed by atoms with Crippen LogP contribution >= 0.6 is 39.1 Å². The van der Waals surface area contributed by atoms with Crippen LogP contribution in [0.5, 0.6) is 0 Å². The zero-order chi connectivity index (χ0) is 15.0. The number of amides is 1. The fraction of sp³-hybridized carbons (Fsp3) is 0.188. The maximum Gasteiger partial charge on any atom is 0.253 e. The minimum Gasteiger partial charge on any atom is -0.342 e. The molecule has 0 bridgehead atoms. The molecule has 1 amide bonds. The fourth-order valence-electron chi connectivity index (χ4n) is 2.34. The molecule has 1 saturated carbocycles. The Balaban J connectivity index is 1.84. The number of hydrogen-bond donors (Lipinski definition) is 1. The van der Waals surface area contributed by atoms with E-state index in [1.165, 1.54) is 0 Å². The average Bonchev–Trinajstić information content (AvgIpc) is 3.23. The summed E-state index contributed by atoms with van der Waals surface area (Å²) in [4.78, 5) is 12.5. The zero-order valence-electron chi connectivity index (χ0n) is 11.0. The lowest BCUT2D eigenvalue weighted by atomic mass is 10.0. The van der Waals surface area contributed by atoms with Gasteiger partial charge < -0.3 is 5.32 Å². The first-order valence-corrected chi connectivity index (χ1v) is 8.09. The van der Waals surface area contributed by atoms with E-state index >= 15 is 0 Å². The van der Waals surface area contributed by atoms with Crippen LogP contribution in [-0.2, 0) is 5.54 Å². The summed E-state index contributed by atoms with van der Waals surface area (Å²) in [7, 11) is 0. The lowest BCUT2D eigenvalue weighted by molar-refractivity contribution is 0.0931. The van der Waals surface area contributed by atoms with Crippen LogP contribution < -0.4 is 5.32 Å². The van der Waals surface area contributed by atoms with Crippen LogP contribution in [0, 0.1) is 0 Å². The highest BCUT2D eigenvalue weighted by Gasteiger charge is 2.45. The minimum absolute atomic E-state index is 0.159. The van der Waals surface area contributed by atoms with Crippen molar-refractivity contribution in [1.82, 2.24) is 5.32 Å². The highest BCUT2D eigenvalue weighted by molar-refractivity contribution is 9.10. The van der Waals surface area contributed by atoms with Gasteiger partial charge in [0, 0.05) is 9.50 Å². The standard InChI is InChI=1S/C16H12BrCl2NO/c17-11-3-6-14(19)13(9-11)15(21)20-16(7-8-16)10-1-4-12(18)5-2-10/h1-6,9H,7-8H2,(H,20,21). The molecule has 0 saturated heterocycles. The summed E-state index contributed by atoms with van der Waals surface area (Å²) >= 11 is 15.4. The second-order valence-electron chi connectivity index (χ2n) is 5.17. The highest BCUT2D eigenvalue weighted by atomic mass is 79.9. The molecule has 0 atom stereocenters. The number of benzene rings is 2. The highest BCUT2D eigenvalue weighted by Crippen LogP contribution is 2.46. The Morgan fingerprint density at radius 2 is 1.76 bits per heavy atom. The van der Waals surface area contributed by atoms with Crippen molar-refractivity contribution in [2.45, 2.75) is 18.4 Å². The first-order valence-electron chi connectivity index (χ1n) is 6.54. The molecule has 1 N–H and O–H groups in total. The molecule has 1 fully saturated rings. The summed E-state index contributed by atoms with van der Waals surface area (Å²) in [5.41, 5.74) is 1.27. The SMILES string of the molecule is O=C(NC1(c2ccc(Cl)cc2)CC1)c1cc(Br)ccc1Cl. The number of hydrogen-bond acceptors (Lipinski definition) is 1. The number of nitrogens with one attached hydrogen (secondary N) is 1. The molecule has 0 aliphatic heterocycles. The molecule has 5 heteroatoms. The van der Waals surface area contributed by atoms with Gasteiger partial charge in [-0.25, -0.2) is 0 Å². The van der Waals surface area contributed by atoms with Crippen molar-refractivity contribution < 1.29 is 4.79 Å². The number of carbonyl (C=O) groups is 1. The van der Waals surface area contributed by atoms with E-state index < -0.39 is 0 Å². The summed E-state index contributed by atoms with van der Waals surface area (Å²) in [6.07, 6.45) is 1.85. The smallest absolute Gasteiger partial charge is 0.253 e. The van der Waals surface area contributed by atoms with Gasteiger partial charge in [0.1, 0.15) is 0 Å². The second kappa shape index (κ2) is 5.64. The van der Waals surface area contributed by atoms with Crippen molar-refractivity contribution in [2.24, 2.45) is 0 Å². The van der Waals surface area contributed by atoms with E-state index in [0.717, 1.165) is 22.9 Å². The van der Waals surface area contributed by atoms with E-state index in [-0.39, 0.29) is 11.4 Å². The third-order valence-corrected chi connectivity index (χ3v) is 4.75. The molecule has 1 aliphatic rings. The third kappa shape index (κ3) is 3.10. The van der Waals surface area contributed by atoms with E-state index in [1.807, 2.05) is 30.3 Å². The largest absolute Gasteiger partial charge is 0.342 e. The average molecular weight is 385 g/mol. The van der Waals surface area contributed by atoms with Gasteiger partial charge in [0.15, 0.2) is 0 Å². The zero-order valence-corrected chi connectivity index (χ0v) is 14.1. The number of halogens is 3. The van der Waals surface area contributed by atoms with Crippen molar-refractivity contribution in [1.29, 1.82) is 0 Å². The number of rotatable bonds is 3. The van der Waals surface area contributed by atoms with Crippen LogP contribution in [0.3, 0.4) is 0 Å². The van der Waals surface area contributed by atoms with Crippen molar-refractivity contribution in [3.63, 3.8) is 0 Å². The van der Waals surface area contributed by atoms with Gasteiger partial charge in [-0.3, -0.25) is 4.79 Å². The summed E-state index contributed by atoms with van der Waals surface area (Å²) in [6.45, 7) is 0. The van der Waals surface area contributed by atoms with Crippen LogP contribution in [0.25, 0.3) is 0 Å². The van der Waals surface area contributed by atoms with E-state index in [4.69, 9.17) is 23.2 Å². The van der Waals surface area contributed by atoms with Crippen LogP contribution in [0.4, 0.5) is 0 Å². The van der Waals surface area contributed by atoms with Crippen LogP contribution in [0.2, 0.25) is 10.0 Å². The molecular formula is C16H12BrCl2NO. The van der Waals surface area contributed by atoms with E-state index in [0.29, 0.717) is 15.6 Å². The quantitative estimate of drug-likeness (QED) is 0.776. The van der Waals surface area contributed by atoms with Gasteiger partial charge in [-0.1, -0.05) is 51.3 Å².